The quantitative estimate of drug-likeness (QED) is 0.807. The van der Waals surface area contributed by atoms with Gasteiger partial charge in [0, 0.05) is 12.6 Å². The molecule has 0 spiro atoms. The molecule has 3 unspecified atom stereocenters. The third-order valence-corrected chi connectivity index (χ3v) is 3.93. The summed E-state index contributed by atoms with van der Waals surface area (Å²) in [6.45, 7) is 0.130. The Morgan fingerprint density at radius 1 is 1.50 bits per heavy atom. The Hall–Kier alpha value is -0.780. The van der Waals surface area contributed by atoms with Crippen LogP contribution in [0.3, 0.4) is 0 Å². The first-order valence-electron chi connectivity index (χ1n) is 6.19. The molecule has 5 heteroatoms. The van der Waals surface area contributed by atoms with Crippen molar-refractivity contribution < 1.29 is 13.2 Å². The zero-order chi connectivity index (χ0) is 13.0. The van der Waals surface area contributed by atoms with Gasteiger partial charge in [-0.1, -0.05) is 24.3 Å². The average molecular weight is 271 g/mol. The molecule has 0 aliphatic heterocycles. The lowest BCUT2D eigenvalue weighted by molar-refractivity contribution is 0.320. The standard InChI is InChI=1S/C13H18FNO2S/c14-11(9-18(16)17)8-15-13-7-3-5-10-4-1-2-6-12(10)13/h1-2,4,6,11,13,15H,3,5,7-9H2,(H,16,17). The number of fused-ring (bicyclic) bond motifs is 1. The number of benzene rings is 1. The van der Waals surface area contributed by atoms with E-state index in [1.807, 2.05) is 12.1 Å². The molecule has 1 aromatic carbocycles. The number of nitrogens with one attached hydrogen (secondary N) is 1. The van der Waals surface area contributed by atoms with Gasteiger partial charge in [-0.05, 0) is 30.4 Å². The minimum Gasteiger partial charge on any atom is -0.307 e. The predicted molar refractivity (Wildman–Crippen MR) is 70.7 cm³/mol. The molecule has 0 bridgehead atoms. The molecule has 3 nitrogen and oxygen atoms in total. The van der Waals surface area contributed by atoms with Crippen molar-refractivity contribution in [3.05, 3.63) is 35.4 Å². The highest BCUT2D eigenvalue weighted by Crippen LogP contribution is 2.29. The van der Waals surface area contributed by atoms with Crippen molar-refractivity contribution in [1.82, 2.24) is 5.32 Å². The molecule has 1 aliphatic rings. The van der Waals surface area contributed by atoms with Gasteiger partial charge in [-0.3, -0.25) is 0 Å². The van der Waals surface area contributed by atoms with Crippen LogP contribution in [0.2, 0.25) is 0 Å². The van der Waals surface area contributed by atoms with Crippen LogP contribution in [0.1, 0.15) is 30.0 Å². The molecule has 0 radical (unpaired) electrons. The van der Waals surface area contributed by atoms with Crippen molar-refractivity contribution in [3.8, 4) is 0 Å². The van der Waals surface area contributed by atoms with Gasteiger partial charge in [0.2, 0.25) is 0 Å². The first-order valence-corrected chi connectivity index (χ1v) is 7.47. The second-order valence-corrected chi connectivity index (χ2v) is 5.61. The van der Waals surface area contributed by atoms with Gasteiger partial charge >= 0.3 is 0 Å². The van der Waals surface area contributed by atoms with E-state index in [1.165, 1.54) is 11.1 Å². The summed E-state index contributed by atoms with van der Waals surface area (Å²) < 4.78 is 32.5. The highest BCUT2D eigenvalue weighted by atomic mass is 32.2. The SMILES string of the molecule is O=S(O)CC(F)CNC1CCCc2ccccc21. The second kappa shape index (κ2) is 6.41. The molecule has 2 N–H and O–H groups in total. The fourth-order valence-electron chi connectivity index (χ4n) is 2.45. The zero-order valence-corrected chi connectivity index (χ0v) is 11.0. The Balaban J connectivity index is 1.93. The summed E-state index contributed by atoms with van der Waals surface area (Å²) in [6, 6.07) is 8.37. The number of rotatable bonds is 5. The molecular formula is C13H18FNO2S. The molecule has 1 aliphatic carbocycles. The van der Waals surface area contributed by atoms with Gasteiger partial charge < -0.3 is 9.87 Å². The van der Waals surface area contributed by atoms with Crippen LogP contribution < -0.4 is 5.32 Å². The van der Waals surface area contributed by atoms with E-state index in [0.29, 0.717) is 0 Å². The topological polar surface area (TPSA) is 49.3 Å². The molecule has 0 aromatic heterocycles. The van der Waals surface area contributed by atoms with Crippen LogP contribution in [-0.2, 0) is 17.5 Å². The molecule has 2 rings (SSSR count). The van der Waals surface area contributed by atoms with Gasteiger partial charge in [-0.2, -0.15) is 0 Å². The number of alkyl halides is 1. The Bertz CT molecular complexity index is 427. The lowest BCUT2D eigenvalue weighted by Gasteiger charge is -2.27. The Kier molecular flexibility index (Phi) is 4.86. The van der Waals surface area contributed by atoms with E-state index >= 15 is 0 Å². The van der Waals surface area contributed by atoms with Crippen LogP contribution in [0.4, 0.5) is 4.39 Å². The van der Waals surface area contributed by atoms with Crippen LogP contribution in [0, 0.1) is 0 Å². The smallest absolute Gasteiger partial charge is 0.155 e. The normalized spacial score (nSPS) is 22.2. The molecule has 0 fully saturated rings. The second-order valence-electron chi connectivity index (χ2n) is 4.64. The van der Waals surface area contributed by atoms with E-state index in [-0.39, 0.29) is 18.3 Å². The number of hydrogen-bond acceptors (Lipinski definition) is 2. The largest absolute Gasteiger partial charge is 0.307 e. The zero-order valence-electron chi connectivity index (χ0n) is 10.1. The maximum Gasteiger partial charge on any atom is 0.155 e. The molecule has 0 saturated carbocycles. The number of hydrogen-bond donors (Lipinski definition) is 2. The Morgan fingerprint density at radius 3 is 3.06 bits per heavy atom. The summed E-state index contributed by atoms with van der Waals surface area (Å²) in [6.07, 6.45) is 1.89. The van der Waals surface area contributed by atoms with E-state index in [0.717, 1.165) is 19.3 Å². The van der Waals surface area contributed by atoms with E-state index in [9.17, 15) is 8.60 Å². The highest BCUT2D eigenvalue weighted by Gasteiger charge is 2.20. The van der Waals surface area contributed by atoms with Crippen molar-refractivity contribution in [1.29, 1.82) is 0 Å². The Labute approximate surface area is 109 Å². The van der Waals surface area contributed by atoms with Crippen molar-refractivity contribution >= 4 is 11.1 Å². The third-order valence-electron chi connectivity index (χ3n) is 3.28. The van der Waals surface area contributed by atoms with Crippen molar-refractivity contribution in [2.75, 3.05) is 12.3 Å². The van der Waals surface area contributed by atoms with Gasteiger partial charge in [0.1, 0.15) is 6.17 Å². The van der Waals surface area contributed by atoms with Crippen LogP contribution in [0.5, 0.6) is 0 Å². The maximum absolute atomic E-state index is 13.4. The third kappa shape index (κ3) is 3.60. The monoisotopic (exact) mass is 271 g/mol. The van der Waals surface area contributed by atoms with Gasteiger partial charge in [0.25, 0.3) is 0 Å². The molecule has 0 saturated heterocycles. The van der Waals surface area contributed by atoms with E-state index in [4.69, 9.17) is 4.55 Å². The molecular weight excluding hydrogens is 253 g/mol. The lowest BCUT2D eigenvalue weighted by atomic mass is 9.88. The summed E-state index contributed by atoms with van der Waals surface area (Å²) >= 11 is -2.06. The molecule has 3 atom stereocenters. The van der Waals surface area contributed by atoms with Crippen LogP contribution in [-0.4, -0.2) is 27.2 Å². The van der Waals surface area contributed by atoms with Crippen molar-refractivity contribution in [2.24, 2.45) is 0 Å². The minimum absolute atomic E-state index is 0.130. The van der Waals surface area contributed by atoms with E-state index in [2.05, 4.69) is 17.4 Å². The summed E-state index contributed by atoms with van der Waals surface area (Å²) in [5, 5.41) is 3.16. The van der Waals surface area contributed by atoms with Crippen molar-refractivity contribution in [2.45, 2.75) is 31.5 Å². The first-order chi connectivity index (χ1) is 8.66. The van der Waals surface area contributed by atoms with Gasteiger partial charge in [0.15, 0.2) is 11.1 Å². The van der Waals surface area contributed by atoms with E-state index < -0.39 is 17.3 Å². The van der Waals surface area contributed by atoms with E-state index in [1.54, 1.807) is 0 Å². The van der Waals surface area contributed by atoms with Crippen LogP contribution in [0.25, 0.3) is 0 Å². The van der Waals surface area contributed by atoms with Crippen LogP contribution >= 0.6 is 0 Å². The highest BCUT2D eigenvalue weighted by molar-refractivity contribution is 7.79. The van der Waals surface area contributed by atoms with Gasteiger partial charge in [0.05, 0.1) is 5.75 Å². The minimum atomic E-state index is -2.06. The summed E-state index contributed by atoms with van der Waals surface area (Å²) in [5.74, 6) is -0.318. The molecule has 18 heavy (non-hydrogen) atoms. The number of aryl methyl sites for hydroxylation is 1. The maximum atomic E-state index is 13.4. The fourth-order valence-corrected chi connectivity index (χ4v) is 2.88. The first kappa shape index (κ1) is 13.6. The van der Waals surface area contributed by atoms with Crippen LogP contribution in [0.15, 0.2) is 24.3 Å². The van der Waals surface area contributed by atoms with Crippen molar-refractivity contribution in [3.63, 3.8) is 0 Å². The average Bonchev–Trinajstić information content (AvgIpc) is 2.35. The number of halogens is 1. The Morgan fingerprint density at radius 2 is 2.28 bits per heavy atom. The summed E-state index contributed by atoms with van der Waals surface area (Å²) in [7, 11) is 0. The summed E-state index contributed by atoms with van der Waals surface area (Å²) in [4.78, 5) is 0. The molecule has 1 aromatic rings. The lowest BCUT2D eigenvalue weighted by Crippen LogP contribution is -2.32. The van der Waals surface area contributed by atoms with Gasteiger partial charge in [-0.15, -0.1) is 0 Å². The summed E-state index contributed by atoms with van der Waals surface area (Å²) in [5.41, 5.74) is 2.56. The molecule has 100 valence electrons. The molecule has 0 amide bonds. The predicted octanol–water partition coefficient (Wildman–Crippen LogP) is 2.21. The fraction of sp³-hybridized carbons (Fsp3) is 0.538. The molecule has 0 heterocycles. The van der Waals surface area contributed by atoms with Gasteiger partial charge in [-0.25, -0.2) is 8.60 Å².